The molecular formula is C22H41BrO2Si2. The molecule has 156 valence electrons. The molecule has 0 radical (unpaired) electrons. The molecule has 0 aliphatic heterocycles. The second kappa shape index (κ2) is 9.25. The van der Waals surface area contributed by atoms with E-state index < -0.39 is 19.5 Å². The normalized spacial score (nSPS) is 14.8. The Morgan fingerprint density at radius 2 is 1.19 bits per heavy atom. The van der Waals surface area contributed by atoms with Crippen molar-refractivity contribution < 1.29 is 8.85 Å². The molecule has 5 heteroatoms. The molecule has 0 N–H and O–H groups in total. The van der Waals surface area contributed by atoms with Gasteiger partial charge in [-0.1, -0.05) is 75.7 Å². The summed E-state index contributed by atoms with van der Waals surface area (Å²) >= 11 is 3.58. The summed E-state index contributed by atoms with van der Waals surface area (Å²) in [4.78, 5) is 0. The van der Waals surface area contributed by atoms with Crippen molar-refractivity contribution in [2.45, 2.75) is 96.9 Å². The van der Waals surface area contributed by atoms with Gasteiger partial charge in [0.2, 0.25) is 0 Å². The summed E-state index contributed by atoms with van der Waals surface area (Å²) in [6.07, 6.45) is 1.03. The van der Waals surface area contributed by atoms with Crippen molar-refractivity contribution in [1.29, 1.82) is 0 Å². The van der Waals surface area contributed by atoms with Crippen molar-refractivity contribution >= 4 is 35.5 Å². The van der Waals surface area contributed by atoms with Crippen molar-refractivity contribution in [2.75, 3.05) is 5.33 Å². The van der Waals surface area contributed by atoms with E-state index in [1.165, 1.54) is 16.7 Å². The minimum atomic E-state index is -0.657. The molecular weight excluding hydrogens is 432 g/mol. The van der Waals surface area contributed by atoms with E-state index in [2.05, 4.69) is 103 Å². The summed E-state index contributed by atoms with van der Waals surface area (Å²) in [7, 11) is -1.31. The van der Waals surface area contributed by atoms with E-state index >= 15 is 0 Å². The Balaban J connectivity index is 3.31. The lowest BCUT2D eigenvalue weighted by Crippen LogP contribution is -2.34. The highest BCUT2D eigenvalue weighted by Gasteiger charge is 2.33. The molecule has 0 aromatic heterocycles. The molecule has 0 spiro atoms. The van der Waals surface area contributed by atoms with Crippen LogP contribution in [-0.2, 0) is 26.5 Å². The molecule has 0 unspecified atom stereocenters. The second-order valence-electron chi connectivity index (χ2n) is 11.0. The van der Waals surface area contributed by atoms with Gasteiger partial charge in [0.1, 0.15) is 0 Å². The zero-order chi connectivity index (χ0) is 21.1. The fourth-order valence-electron chi connectivity index (χ4n) is 2.83. The maximum absolute atomic E-state index is 6.58. The lowest BCUT2D eigenvalue weighted by atomic mass is 9.84. The van der Waals surface area contributed by atoms with E-state index in [4.69, 9.17) is 8.85 Å². The van der Waals surface area contributed by atoms with Gasteiger partial charge in [0.05, 0.1) is 11.2 Å². The number of hydrogen-bond donors (Lipinski definition) is 0. The van der Waals surface area contributed by atoms with Gasteiger partial charge < -0.3 is 8.85 Å². The van der Waals surface area contributed by atoms with Crippen LogP contribution in [0.25, 0.3) is 0 Å². The molecule has 0 saturated heterocycles. The average molecular weight is 474 g/mol. The van der Waals surface area contributed by atoms with Gasteiger partial charge >= 0.3 is 0 Å². The van der Waals surface area contributed by atoms with E-state index in [1.54, 1.807) is 0 Å². The number of alkyl halides is 1. The lowest BCUT2D eigenvalue weighted by molar-refractivity contribution is 0.0829. The van der Waals surface area contributed by atoms with Crippen LogP contribution in [0.2, 0.25) is 10.1 Å². The Bertz CT molecular complexity index is 614. The van der Waals surface area contributed by atoms with Crippen molar-refractivity contribution in [1.82, 2.24) is 0 Å². The zero-order valence-corrected chi connectivity index (χ0v) is 23.7. The summed E-state index contributed by atoms with van der Waals surface area (Å²) < 4.78 is 13.1. The maximum atomic E-state index is 6.58. The van der Waals surface area contributed by atoms with Crippen LogP contribution in [0.4, 0.5) is 0 Å². The molecule has 0 fully saturated rings. The number of hydrogen-bond acceptors (Lipinski definition) is 2. The lowest BCUT2D eigenvalue weighted by Gasteiger charge is -2.38. The standard InChI is InChI=1S/C22H41BrO2Si2/c1-19(2,3)26-24-21(7,8)17-12-11-16(13-14-23)15-18(17)22(9,10)25-27-20(4,5)6/h11-12,15H,13-14,26-27H2,1-10H3. The van der Waals surface area contributed by atoms with Crippen LogP contribution in [0.1, 0.15) is 85.9 Å². The first kappa shape index (κ1) is 25.1. The molecule has 0 aliphatic carbocycles. The van der Waals surface area contributed by atoms with E-state index in [-0.39, 0.29) is 21.3 Å². The highest BCUT2D eigenvalue weighted by molar-refractivity contribution is 9.09. The average Bonchev–Trinajstić information content (AvgIpc) is 2.50. The van der Waals surface area contributed by atoms with Crippen LogP contribution in [0.15, 0.2) is 18.2 Å². The fourth-order valence-corrected chi connectivity index (χ4v) is 5.19. The van der Waals surface area contributed by atoms with Gasteiger partial charge in [0, 0.05) is 5.33 Å². The van der Waals surface area contributed by atoms with Crippen molar-refractivity contribution in [2.24, 2.45) is 0 Å². The highest BCUT2D eigenvalue weighted by Crippen LogP contribution is 2.38. The fraction of sp³-hybridized carbons (Fsp3) is 0.727. The summed E-state index contributed by atoms with van der Waals surface area (Å²) in [6.45, 7) is 22.5. The van der Waals surface area contributed by atoms with Crippen LogP contribution >= 0.6 is 15.9 Å². The first-order chi connectivity index (χ1) is 12.1. The van der Waals surface area contributed by atoms with E-state index in [9.17, 15) is 0 Å². The molecule has 1 aromatic carbocycles. The number of benzene rings is 1. The first-order valence-electron chi connectivity index (χ1n) is 10.1. The Morgan fingerprint density at radius 3 is 1.59 bits per heavy atom. The van der Waals surface area contributed by atoms with Crippen LogP contribution in [-0.4, -0.2) is 24.9 Å². The summed E-state index contributed by atoms with van der Waals surface area (Å²) in [5.74, 6) is 0. The predicted octanol–water partition coefficient (Wildman–Crippen LogP) is 5.73. The molecule has 0 saturated carbocycles. The molecule has 0 heterocycles. The Kier molecular flexibility index (Phi) is 8.59. The third-order valence-electron chi connectivity index (χ3n) is 4.50. The molecule has 0 amide bonds. The van der Waals surface area contributed by atoms with Crippen LogP contribution in [0.3, 0.4) is 0 Å². The molecule has 0 aliphatic rings. The molecule has 0 atom stereocenters. The van der Waals surface area contributed by atoms with E-state index in [0.29, 0.717) is 0 Å². The molecule has 0 bridgehead atoms. The predicted molar refractivity (Wildman–Crippen MR) is 129 cm³/mol. The highest BCUT2D eigenvalue weighted by atomic mass is 79.9. The summed E-state index contributed by atoms with van der Waals surface area (Å²) in [5.41, 5.74) is 3.30. The first-order valence-corrected chi connectivity index (χ1v) is 13.7. The largest absolute Gasteiger partial charge is 0.415 e. The second-order valence-corrected chi connectivity index (χ2v) is 17.2. The van der Waals surface area contributed by atoms with Gasteiger partial charge in [-0.2, -0.15) is 0 Å². The summed E-state index contributed by atoms with van der Waals surface area (Å²) in [6, 6.07) is 6.87. The van der Waals surface area contributed by atoms with E-state index in [1.807, 2.05) is 0 Å². The monoisotopic (exact) mass is 472 g/mol. The quantitative estimate of drug-likeness (QED) is 0.355. The van der Waals surface area contributed by atoms with Crippen LogP contribution < -0.4 is 0 Å². The third kappa shape index (κ3) is 8.52. The topological polar surface area (TPSA) is 18.5 Å². The third-order valence-corrected chi connectivity index (χ3v) is 8.36. The molecule has 1 rings (SSSR count). The maximum Gasteiger partial charge on any atom is 0.168 e. The minimum Gasteiger partial charge on any atom is -0.415 e. The van der Waals surface area contributed by atoms with Gasteiger partial charge in [-0.05, 0) is 60.9 Å². The van der Waals surface area contributed by atoms with Crippen molar-refractivity contribution in [3.8, 4) is 0 Å². The summed E-state index contributed by atoms with van der Waals surface area (Å²) in [5, 5.41) is 1.52. The smallest absolute Gasteiger partial charge is 0.168 e. The van der Waals surface area contributed by atoms with Gasteiger partial charge in [-0.15, -0.1) is 0 Å². The molecule has 27 heavy (non-hydrogen) atoms. The SMILES string of the molecule is CC(C)(C)[SiH2]OC(C)(C)c1ccc(CCBr)cc1C(C)(C)O[SiH2]C(C)(C)C. The van der Waals surface area contributed by atoms with Gasteiger partial charge in [-0.25, -0.2) is 0 Å². The van der Waals surface area contributed by atoms with Crippen LogP contribution in [0.5, 0.6) is 0 Å². The zero-order valence-electron chi connectivity index (χ0n) is 19.3. The number of halogens is 1. The van der Waals surface area contributed by atoms with Crippen LogP contribution in [0, 0.1) is 0 Å². The van der Waals surface area contributed by atoms with Crippen molar-refractivity contribution in [3.05, 3.63) is 34.9 Å². The number of rotatable bonds is 8. The minimum absolute atomic E-state index is 0.274. The number of aryl methyl sites for hydroxylation is 1. The molecule has 1 aromatic rings. The van der Waals surface area contributed by atoms with Gasteiger partial charge in [0.15, 0.2) is 19.5 Å². The van der Waals surface area contributed by atoms with Crippen molar-refractivity contribution in [3.63, 3.8) is 0 Å². The Hall–Kier alpha value is 0.0538. The molecule has 2 nitrogen and oxygen atoms in total. The van der Waals surface area contributed by atoms with Gasteiger partial charge in [0.25, 0.3) is 0 Å². The van der Waals surface area contributed by atoms with Gasteiger partial charge in [-0.3, -0.25) is 0 Å². The Morgan fingerprint density at radius 1 is 0.741 bits per heavy atom. The van der Waals surface area contributed by atoms with E-state index in [0.717, 1.165) is 11.8 Å². The Labute approximate surface area is 181 Å².